The summed E-state index contributed by atoms with van der Waals surface area (Å²) in [6.07, 6.45) is 8.82. The molecule has 1 aromatic rings. The number of fused-ring (bicyclic) bond motifs is 2. The molecule has 1 aromatic heterocycles. The summed E-state index contributed by atoms with van der Waals surface area (Å²) in [4.78, 5) is 16.3. The number of nitrogens with two attached hydrogens (primary N) is 1. The second kappa shape index (κ2) is 7.95. The molecule has 0 aromatic carbocycles. The summed E-state index contributed by atoms with van der Waals surface area (Å²) in [5.41, 5.74) is 7.56. The van der Waals surface area contributed by atoms with Gasteiger partial charge >= 0.3 is 0 Å². The Morgan fingerprint density at radius 2 is 2.00 bits per heavy atom. The van der Waals surface area contributed by atoms with Gasteiger partial charge in [0.2, 0.25) is 5.91 Å². The lowest BCUT2D eigenvalue weighted by Crippen LogP contribution is -2.53. The molecular formula is C19H29ClN2O2S. The van der Waals surface area contributed by atoms with E-state index in [1.165, 1.54) is 29.7 Å². The molecule has 2 aliphatic heterocycles. The summed E-state index contributed by atoms with van der Waals surface area (Å²) in [5.74, 6) is 0.551. The Hall–Kier alpha value is -0.620. The zero-order valence-electron chi connectivity index (χ0n) is 14.7. The lowest BCUT2D eigenvalue weighted by Gasteiger charge is -2.45. The largest absolute Gasteiger partial charge is 0.370 e. The van der Waals surface area contributed by atoms with Crippen LogP contribution in [0.2, 0.25) is 0 Å². The van der Waals surface area contributed by atoms with Crippen molar-refractivity contribution in [3.05, 3.63) is 21.9 Å². The third-order valence-corrected chi connectivity index (χ3v) is 7.25. The van der Waals surface area contributed by atoms with Crippen molar-refractivity contribution in [3.63, 3.8) is 0 Å². The predicted molar refractivity (Wildman–Crippen MR) is 103 cm³/mol. The van der Waals surface area contributed by atoms with Gasteiger partial charge in [-0.2, -0.15) is 0 Å². The van der Waals surface area contributed by atoms with Gasteiger partial charge in [0.05, 0.1) is 18.2 Å². The van der Waals surface area contributed by atoms with Gasteiger partial charge in [-0.1, -0.05) is 19.3 Å². The Bertz CT molecular complexity index is 592. The van der Waals surface area contributed by atoms with Gasteiger partial charge in [-0.15, -0.1) is 23.7 Å². The summed E-state index contributed by atoms with van der Waals surface area (Å²) in [6.45, 7) is 2.35. The number of halogens is 1. The SMILES string of the molecule is Cl.N[C@H](C(=O)N1CCC2(CC1)OCCc1sccc12)C1CCCCC1. The minimum absolute atomic E-state index is 0. The summed E-state index contributed by atoms with van der Waals surface area (Å²) < 4.78 is 6.23. The first kappa shape index (κ1) is 19.2. The molecule has 0 bridgehead atoms. The van der Waals surface area contributed by atoms with Crippen molar-refractivity contribution in [2.75, 3.05) is 19.7 Å². The van der Waals surface area contributed by atoms with Crippen LogP contribution in [0.15, 0.2) is 11.4 Å². The fourth-order valence-electron chi connectivity index (χ4n) is 4.76. The number of ether oxygens (including phenoxy) is 1. The molecular weight excluding hydrogens is 356 g/mol. The van der Waals surface area contributed by atoms with E-state index in [9.17, 15) is 4.79 Å². The number of thiophene rings is 1. The molecule has 1 atom stereocenters. The highest BCUT2D eigenvalue weighted by Crippen LogP contribution is 2.43. The number of nitrogens with zero attached hydrogens (tertiary/aromatic N) is 1. The smallest absolute Gasteiger partial charge is 0.239 e. The van der Waals surface area contributed by atoms with E-state index in [0.29, 0.717) is 5.92 Å². The number of hydrogen-bond donors (Lipinski definition) is 1. The van der Waals surface area contributed by atoms with E-state index in [4.69, 9.17) is 10.5 Å². The van der Waals surface area contributed by atoms with Gasteiger partial charge in [0.25, 0.3) is 0 Å². The Labute approximate surface area is 160 Å². The number of carbonyl (C=O) groups is 1. The minimum atomic E-state index is -0.302. The Balaban J connectivity index is 0.00000182. The molecule has 1 saturated heterocycles. The first-order valence-corrected chi connectivity index (χ1v) is 10.3. The zero-order chi connectivity index (χ0) is 16.6. The molecule has 4 rings (SSSR count). The fourth-order valence-corrected chi connectivity index (χ4v) is 5.72. The number of rotatable bonds is 2. The monoisotopic (exact) mass is 384 g/mol. The maximum atomic E-state index is 12.8. The average Bonchev–Trinajstić information content (AvgIpc) is 3.12. The van der Waals surface area contributed by atoms with Gasteiger partial charge in [-0.25, -0.2) is 0 Å². The van der Waals surface area contributed by atoms with E-state index in [-0.39, 0.29) is 30.0 Å². The van der Waals surface area contributed by atoms with E-state index in [1.54, 1.807) is 0 Å². The number of likely N-dealkylation sites (tertiary alicyclic amines) is 1. The first-order chi connectivity index (χ1) is 11.7. The van der Waals surface area contributed by atoms with E-state index < -0.39 is 0 Å². The van der Waals surface area contributed by atoms with Crippen LogP contribution < -0.4 is 5.73 Å². The van der Waals surface area contributed by atoms with E-state index in [0.717, 1.165) is 51.8 Å². The second-order valence-corrected chi connectivity index (χ2v) is 8.60. The van der Waals surface area contributed by atoms with Gasteiger partial charge < -0.3 is 15.4 Å². The van der Waals surface area contributed by atoms with Crippen LogP contribution in [0.3, 0.4) is 0 Å². The van der Waals surface area contributed by atoms with Gasteiger partial charge in [-0.3, -0.25) is 4.79 Å². The molecule has 2 fully saturated rings. The van der Waals surface area contributed by atoms with Crippen LogP contribution in [0.25, 0.3) is 0 Å². The highest BCUT2D eigenvalue weighted by molar-refractivity contribution is 7.10. The molecule has 140 valence electrons. The molecule has 0 unspecified atom stereocenters. The molecule has 1 saturated carbocycles. The molecule has 0 radical (unpaired) electrons. The van der Waals surface area contributed by atoms with Gasteiger partial charge in [0.15, 0.2) is 0 Å². The maximum absolute atomic E-state index is 12.8. The lowest BCUT2D eigenvalue weighted by molar-refractivity contribution is -0.143. The van der Waals surface area contributed by atoms with Crippen molar-refractivity contribution < 1.29 is 9.53 Å². The fraction of sp³-hybridized carbons (Fsp3) is 0.737. The summed E-state index contributed by atoms with van der Waals surface area (Å²) >= 11 is 1.84. The molecule has 6 heteroatoms. The molecule has 1 aliphatic carbocycles. The summed E-state index contributed by atoms with van der Waals surface area (Å²) in [5, 5.41) is 2.18. The molecule has 2 N–H and O–H groups in total. The quantitative estimate of drug-likeness (QED) is 0.849. The van der Waals surface area contributed by atoms with Gasteiger partial charge in [0, 0.05) is 24.4 Å². The Morgan fingerprint density at radius 1 is 1.28 bits per heavy atom. The molecule has 1 spiro atoms. The van der Waals surface area contributed by atoms with Gasteiger partial charge in [0.1, 0.15) is 0 Å². The van der Waals surface area contributed by atoms with Crippen LogP contribution in [0.5, 0.6) is 0 Å². The summed E-state index contributed by atoms with van der Waals surface area (Å²) in [7, 11) is 0. The second-order valence-electron chi connectivity index (χ2n) is 7.60. The minimum Gasteiger partial charge on any atom is -0.370 e. The third-order valence-electron chi connectivity index (χ3n) is 6.27. The summed E-state index contributed by atoms with van der Waals surface area (Å²) in [6, 6.07) is 1.92. The third kappa shape index (κ3) is 3.61. The van der Waals surface area contributed by atoms with Crippen molar-refractivity contribution in [2.24, 2.45) is 11.7 Å². The van der Waals surface area contributed by atoms with Crippen LogP contribution in [0.1, 0.15) is 55.4 Å². The van der Waals surface area contributed by atoms with Crippen molar-refractivity contribution in [3.8, 4) is 0 Å². The van der Waals surface area contributed by atoms with E-state index in [1.807, 2.05) is 16.2 Å². The maximum Gasteiger partial charge on any atom is 0.239 e. The van der Waals surface area contributed by atoms with Crippen molar-refractivity contribution in [2.45, 2.75) is 63.0 Å². The normalized spacial score (nSPS) is 24.4. The molecule has 1 amide bonds. The molecule has 3 heterocycles. The van der Waals surface area contributed by atoms with Crippen molar-refractivity contribution >= 4 is 29.7 Å². The lowest BCUT2D eigenvalue weighted by atomic mass is 9.81. The molecule has 4 nitrogen and oxygen atoms in total. The Morgan fingerprint density at radius 3 is 2.72 bits per heavy atom. The molecule has 3 aliphatic rings. The number of carbonyl (C=O) groups excluding carboxylic acids is 1. The van der Waals surface area contributed by atoms with E-state index in [2.05, 4.69) is 11.4 Å². The topological polar surface area (TPSA) is 55.6 Å². The van der Waals surface area contributed by atoms with Crippen molar-refractivity contribution in [1.29, 1.82) is 0 Å². The standard InChI is InChI=1S/C19H28N2O2S.ClH/c20-17(14-4-2-1-3-5-14)18(22)21-10-8-19(9-11-21)15-7-13-24-16(15)6-12-23-19;/h7,13-14,17H,1-6,8-12,20H2;1H/t17-;/m0./s1. The van der Waals surface area contributed by atoms with Gasteiger partial charge in [-0.05, 0) is 48.6 Å². The first-order valence-electron chi connectivity index (χ1n) is 9.45. The van der Waals surface area contributed by atoms with E-state index >= 15 is 0 Å². The number of hydrogen-bond acceptors (Lipinski definition) is 4. The predicted octanol–water partition coefficient (Wildman–Crippen LogP) is 3.47. The molecule has 25 heavy (non-hydrogen) atoms. The highest BCUT2D eigenvalue weighted by atomic mass is 35.5. The average molecular weight is 385 g/mol. The van der Waals surface area contributed by atoms with Crippen LogP contribution in [-0.2, 0) is 21.6 Å². The highest BCUT2D eigenvalue weighted by Gasteiger charge is 2.43. The van der Waals surface area contributed by atoms with Crippen LogP contribution >= 0.6 is 23.7 Å². The Kier molecular flexibility index (Phi) is 6.09. The van der Waals surface area contributed by atoms with Crippen LogP contribution in [0, 0.1) is 5.92 Å². The number of amides is 1. The number of piperidine rings is 1. The zero-order valence-corrected chi connectivity index (χ0v) is 16.4. The van der Waals surface area contributed by atoms with Crippen molar-refractivity contribution in [1.82, 2.24) is 4.90 Å². The van der Waals surface area contributed by atoms with Crippen LogP contribution in [0.4, 0.5) is 0 Å². The van der Waals surface area contributed by atoms with Crippen LogP contribution in [-0.4, -0.2) is 36.5 Å².